The second-order valence-electron chi connectivity index (χ2n) is 4.23. The summed E-state index contributed by atoms with van der Waals surface area (Å²) in [4.78, 5) is 10.6. The molecule has 1 aromatic rings. The molecule has 9 heteroatoms. The number of halogens is 1. The van der Waals surface area contributed by atoms with Crippen LogP contribution in [0.4, 0.5) is 0 Å². The Hall–Kier alpha value is -1.16. The molecule has 0 heterocycles. The number of ether oxygens (including phenoxy) is 1. The van der Waals surface area contributed by atoms with Crippen LogP contribution in [-0.2, 0) is 14.8 Å². The van der Waals surface area contributed by atoms with E-state index in [0.29, 0.717) is 10.2 Å². The Labute approximate surface area is 124 Å². The topological polar surface area (TPSA) is 113 Å². The van der Waals surface area contributed by atoms with Crippen LogP contribution >= 0.6 is 15.9 Å². The molecular weight excluding hydrogens is 354 g/mol. The predicted octanol–water partition coefficient (Wildman–Crippen LogP) is 0.572. The zero-order chi connectivity index (χ0) is 15.6. The second kappa shape index (κ2) is 6.08. The Balaban J connectivity index is 3.00. The van der Waals surface area contributed by atoms with Gasteiger partial charge in [-0.3, -0.25) is 0 Å². The molecular formula is C11H14BrNO6S. The molecule has 0 aliphatic heterocycles. The zero-order valence-electron chi connectivity index (χ0n) is 10.8. The summed E-state index contributed by atoms with van der Waals surface area (Å²) in [6.07, 6.45) is 0. The lowest BCUT2D eigenvalue weighted by atomic mass is 10.1. The summed E-state index contributed by atoms with van der Waals surface area (Å²) in [7, 11) is -2.58. The molecule has 0 aromatic heterocycles. The summed E-state index contributed by atoms with van der Waals surface area (Å²) in [6, 6.07) is 4.19. The van der Waals surface area contributed by atoms with Crippen LogP contribution in [0, 0.1) is 0 Å². The van der Waals surface area contributed by atoms with Crippen molar-refractivity contribution in [1.82, 2.24) is 4.72 Å². The third kappa shape index (κ3) is 4.17. The highest BCUT2D eigenvalue weighted by Crippen LogP contribution is 2.24. The Kier molecular flexibility index (Phi) is 5.14. The van der Waals surface area contributed by atoms with E-state index in [9.17, 15) is 18.3 Å². The first-order chi connectivity index (χ1) is 9.08. The van der Waals surface area contributed by atoms with Gasteiger partial charge >= 0.3 is 5.97 Å². The molecule has 0 amide bonds. The highest BCUT2D eigenvalue weighted by atomic mass is 79.9. The van der Waals surface area contributed by atoms with Gasteiger partial charge in [0.25, 0.3) is 0 Å². The number of hydrogen-bond acceptors (Lipinski definition) is 5. The molecule has 7 nitrogen and oxygen atoms in total. The molecule has 3 N–H and O–H groups in total. The smallest absolute Gasteiger partial charge is 0.336 e. The Morgan fingerprint density at radius 1 is 1.45 bits per heavy atom. The van der Waals surface area contributed by atoms with Gasteiger partial charge in [-0.1, -0.05) is 15.9 Å². The third-order valence-electron chi connectivity index (χ3n) is 2.46. The van der Waals surface area contributed by atoms with Crippen molar-refractivity contribution in [3.63, 3.8) is 0 Å². The number of methoxy groups -OCH3 is 1. The lowest BCUT2D eigenvalue weighted by molar-refractivity contribution is -0.155. The summed E-state index contributed by atoms with van der Waals surface area (Å²) < 4.78 is 31.5. The van der Waals surface area contributed by atoms with Crippen LogP contribution < -0.4 is 9.46 Å². The number of rotatable bonds is 6. The Morgan fingerprint density at radius 2 is 2.05 bits per heavy atom. The van der Waals surface area contributed by atoms with Gasteiger partial charge in [0.05, 0.1) is 18.6 Å². The summed E-state index contributed by atoms with van der Waals surface area (Å²) in [5.74, 6) is -1.20. The van der Waals surface area contributed by atoms with Gasteiger partial charge in [-0.25, -0.2) is 17.9 Å². The lowest BCUT2D eigenvalue weighted by Crippen LogP contribution is -2.46. The number of aliphatic hydroxyl groups is 1. The molecule has 1 rings (SSSR count). The first-order valence-corrected chi connectivity index (χ1v) is 7.66. The van der Waals surface area contributed by atoms with Crippen LogP contribution in [0.25, 0.3) is 0 Å². The van der Waals surface area contributed by atoms with E-state index in [1.165, 1.54) is 19.2 Å². The molecule has 0 spiro atoms. The number of benzene rings is 1. The maximum absolute atomic E-state index is 12.0. The maximum Gasteiger partial charge on any atom is 0.336 e. The molecule has 0 fully saturated rings. The molecule has 0 bridgehead atoms. The number of carboxylic acids is 1. The van der Waals surface area contributed by atoms with E-state index in [2.05, 4.69) is 15.9 Å². The fraction of sp³-hybridized carbons (Fsp3) is 0.364. The molecule has 0 aliphatic carbocycles. The normalized spacial score (nSPS) is 14.6. The van der Waals surface area contributed by atoms with Crippen molar-refractivity contribution < 1.29 is 28.2 Å². The van der Waals surface area contributed by atoms with Gasteiger partial charge in [0, 0.05) is 10.5 Å². The minimum absolute atomic E-state index is 0.107. The van der Waals surface area contributed by atoms with Crippen LogP contribution in [-0.4, -0.2) is 43.9 Å². The fourth-order valence-corrected chi connectivity index (χ4v) is 3.02. The molecule has 112 valence electrons. The molecule has 0 radical (unpaired) electrons. The SMILES string of the molecule is COc1cc(Br)cc(S(=O)(=O)NCC(C)(O)C(=O)O)c1. The Bertz CT molecular complexity index is 613. The van der Waals surface area contributed by atoms with Crippen LogP contribution in [0.2, 0.25) is 0 Å². The van der Waals surface area contributed by atoms with Crippen molar-refractivity contribution in [2.75, 3.05) is 13.7 Å². The summed E-state index contributed by atoms with van der Waals surface area (Å²) in [6.45, 7) is 0.346. The quantitative estimate of drug-likeness (QED) is 0.677. The van der Waals surface area contributed by atoms with Gasteiger partial charge in [-0.05, 0) is 19.1 Å². The summed E-state index contributed by atoms with van der Waals surface area (Å²) in [5.41, 5.74) is -2.19. The number of carbonyl (C=O) groups is 1. The summed E-state index contributed by atoms with van der Waals surface area (Å²) in [5, 5.41) is 18.2. The number of sulfonamides is 1. The van der Waals surface area contributed by atoms with E-state index in [1.54, 1.807) is 6.07 Å². The van der Waals surface area contributed by atoms with Crippen molar-refractivity contribution in [3.05, 3.63) is 22.7 Å². The monoisotopic (exact) mass is 367 g/mol. The predicted molar refractivity (Wildman–Crippen MR) is 74.1 cm³/mol. The van der Waals surface area contributed by atoms with Crippen LogP contribution in [0.15, 0.2) is 27.6 Å². The third-order valence-corrected chi connectivity index (χ3v) is 4.30. The fourth-order valence-electron chi connectivity index (χ4n) is 1.20. The summed E-state index contributed by atoms with van der Waals surface area (Å²) >= 11 is 3.14. The minimum Gasteiger partial charge on any atom is -0.497 e. The van der Waals surface area contributed by atoms with Crippen LogP contribution in [0.5, 0.6) is 5.75 Å². The van der Waals surface area contributed by atoms with Gasteiger partial charge < -0.3 is 14.9 Å². The van der Waals surface area contributed by atoms with E-state index in [4.69, 9.17) is 9.84 Å². The first-order valence-electron chi connectivity index (χ1n) is 5.38. The molecule has 0 saturated heterocycles. The largest absolute Gasteiger partial charge is 0.497 e. The van der Waals surface area contributed by atoms with Crippen molar-refractivity contribution in [1.29, 1.82) is 0 Å². The van der Waals surface area contributed by atoms with Crippen molar-refractivity contribution in [2.24, 2.45) is 0 Å². The highest BCUT2D eigenvalue weighted by Gasteiger charge is 2.32. The van der Waals surface area contributed by atoms with Gasteiger partial charge in [-0.2, -0.15) is 0 Å². The van der Waals surface area contributed by atoms with Crippen molar-refractivity contribution in [3.8, 4) is 5.75 Å². The average Bonchev–Trinajstić information content (AvgIpc) is 2.35. The molecule has 1 aromatic carbocycles. The lowest BCUT2D eigenvalue weighted by Gasteiger charge is -2.18. The van der Waals surface area contributed by atoms with Crippen LogP contribution in [0.3, 0.4) is 0 Å². The number of aliphatic carboxylic acids is 1. The molecule has 0 saturated carbocycles. The minimum atomic E-state index is -3.97. The van der Waals surface area contributed by atoms with E-state index in [1.807, 2.05) is 4.72 Å². The van der Waals surface area contributed by atoms with Gasteiger partial charge in [0.15, 0.2) is 5.60 Å². The average molecular weight is 368 g/mol. The van der Waals surface area contributed by atoms with Crippen LogP contribution in [0.1, 0.15) is 6.92 Å². The maximum atomic E-state index is 12.0. The standard InChI is InChI=1S/C11H14BrNO6S/c1-11(16,10(14)15)6-13-20(17,18)9-4-7(12)3-8(5-9)19-2/h3-5,13,16H,6H2,1-2H3,(H,14,15). The molecule has 20 heavy (non-hydrogen) atoms. The van der Waals surface area contributed by atoms with Gasteiger partial charge in [-0.15, -0.1) is 0 Å². The van der Waals surface area contributed by atoms with E-state index in [0.717, 1.165) is 6.92 Å². The highest BCUT2D eigenvalue weighted by molar-refractivity contribution is 9.10. The number of carboxylic acid groups (broad SMARTS) is 1. The molecule has 0 aliphatic rings. The molecule has 1 unspecified atom stereocenters. The van der Waals surface area contributed by atoms with E-state index < -0.39 is 28.1 Å². The Morgan fingerprint density at radius 3 is 2.55 bits per heavy atom. The van der Waals surface area contributed by atoms with Crippen molar-refractivity contribution >= 4 is 31.9 Å². The van der Waals surface area contributed by atoms with E-state index >= 15 is 0 Å². The first kappa shape index (κ1) is 16.9. The molecule has 1 atom stereocenters. The number of hydrogen-bond donors (Lipinski definition) is 3. The zero-order valence-corrected chi connectivity index (χ0v) is 13.2. The van der Waals surface area contributed by atoms with Gasteiger partial charge in [0.2, 0.25) is 10.0 Å². The van der Waals surface area contributed by atoms with Gasteiger partial charge in [0.1, 0.15) is 5.75 Å². The second-order valence-corrected chi connectivity index (χ2v) is 6.91. The number of nitrogens with one attached hydrogen (secondary N) is 1. The van der Waals surface area contributed by atoms with E-state index in [-0.39, 0.29) is 4.90 Å². The van der Waals surface area contributed by atoms with Crippen molar-refractivity contribution in [2.45, 2.75) is 17.4 Å².